The minimum Gasteiger partial charge on any atom is -0.493 e. The van der Waals surface area contributed by atoms with E-state index in [1.807, 2.05) is 13.0 Å². The summed E-state index contributed by atoms with van der Waals surface area (Å²) in [6, 6.07) is 14.6. The van der Waals surface area contributed by atoms with Crippen LogP contribution in [0.15, 0.2) is 48.5 Å². The van der Waals surface area contributed by atoms with Crippen molar-refractivity contribution in [2.45, 2.75) is 13.5 Å². The second kappa shape index (κ2) is 7.97. The summed E-state index contributed by atoms with van der Waals surface area (Å²) >= 11 is 1.27. The van der Waals surface area contributed by atoms with Gasteiger partial charge in [0, 0.05) is 11.5 Å². The van der Waals surface area contributed by atoms with Crippen molar-refractivity contribution in [3.05, 3.63) is 76.0 Å². The van der Waals surface area contributed by atoms with Crippen LogP contribution in [0.3, 0.4) is 0 Å². The zero-order valence-electron chi connectivity index (χ0n) is 16.2. The number of halogens is 1. The first kappa shape index (κ1) is 19.6. The van der Waals surface area contributed by atoms with Crippen LogP contribution in [0.1, 0.15) is 26.5 Å². The number of hydrogen-bond acceptors (Lipinski definition) is 6. The lowest BCUT2D eigenvalue weighted by Gasteiger charge is -2.08. The monoisotopic (exact) mass is 421 g/mol. The van der Waals surface area contributed by atoms with Crippen molar-refractivity contribution in [3.63, 3.8) is 0 Å². The highest BCUT2D eigenvalue weighted by Crippen LogP contribution is 2.32. The van der Waals surface area contributed by atoms with Crippen molar-refractivity contribution in [1.82, 2.24) is 9.78 Å². The maximum Gasteiger partial charge on any atom is 0.353 e. The first-order valence-corrected chi connectivity index (χ1v) is 9.82. The van der Waals surface area contributed by atoms with Gasteiger partial charge < -0.3 is 9.47 Å². The Morgan fingerprint density at radius 2 is 1.97 bits per heavy atom. The molecule has 0 aliphatic rings. The van der Waals surface area contributed by atoms with Crippen molar-refractivity contribution >= 4 is 27.5 Å². The summed E-state index contributed by atoms with van der Waals surface area (Å²) in [5.74, 6) is -0.266. The van der Waals surface area contributed by atoms with E-state index in [0.717, 1.165) is 21.5 Å². The molecule has 0 radical (unpaired) electrons. The van der Waals surface area contributed by atoms with E-state index in [-0.39, 0.29) is 11.6 Å². The molecule has 0 saturated carbocycles. The van der Waals surface area contributed by atoms with E-state index in [1.54, 1.807) is 28.9 Å². The molecule has 0 atom stereocenters. The van der Waals surface area contributed by atoms with E-state index in [4.69, 9.17) is 14.7 Å². The molecule has 0 aliphatic heterocycles. The SMILES string of the molecule is COc1cc(C#N)ccc1OC(=O)c1cc2c(C)nn(Cc3ccc(F)cc3)c2s1. The summed E-state index contributed by atoms with van der Waals surface area (Å²) in [5.41, 5.74) is 2.10. The molecule has 0 spiro atoms. The average Bonchev–Trinajstić information content (AvgIpc) is 3.31. The molecular weight excluding hydrogens is 405 g/mol. The summed E-state index contributed by atoms with van der Waals surface area (Å²) in [5, 5.41) is 14.4. The van der Waals surface area contributed by atoms with Crippen LogP contribution >= 0.6 is 11.3 Å². The third-order valence-corrected chi connectivity index (χ3v) is 5.68. The molecule has 8 heteroatoms. The zero-order valence-corrected chi connectivity index (χ0v) is 17.0. The molecule has 4 rings (SSSR count). The number of methoxy groups -OCH3 is 1. The fourth-order valence-corrected chi connectivity index (χ4v) is 4.09. The molecule has 6 nitrogen and oxygen atoms in total. The van der Waals surface area contributed by atoms with Gasteiger partial charge in [-0.2, -0.15) is 10.4 Å². The van der Waals surface area contributed by atoms with Gasteiger partial charge >= 0.3 is 5.97 Å². The minimum atomic E-state index is -0.521. The zero-order chi connectivity index (χ0) is 21.3. The highest BCUT2D eigenvalue weighted by Gasteiger charge is 2.19. The van der Waals surface area contributed by atoms with Crippen LogP contribution in [-0.4, -0.2) is 22.9 Å². The van der Waals surface area contributed by atoms with Gasteiger partial charge in [-0.05, 0) is 42.8 Å². The Morgan fingerprint density at radius 1 is 1.20 bits per heavy atom. The second-order valence-electron chi connectivity index (χ2n) is 6.57. The predicted octanol–water partition coefficient (Wildman–Crippen LogP) is 4.69. The molecule has 0 fully saturated rings. The van der Waals surface area contributed by atoms with Crippen LogP contribution in [0.2, 0.25) is 0 Å². The van der Waals surface area contributed by atoms with Crippen LogP contribution in [0.4, 0.5) is 4.39 Å². The predicted molar refractivity (Wildman–Crippen MR) is 111 cm³/mol. The molecule has 0 N–H and O–H groups in total. The molecule has 30 heavy (non-hydrogen) atoms. The molecular formula is C22H16FN3O3S. The molecule has 2 aromatic carbocycles. The van der Waals surface area contributed by atoms with Crippen LogP contribution in [0.5, 0.6) is 11.5 Å². The van der Waals surface area contributed by atoms with Crippen molar-refractivity contribution in [2.75, 3.05) is 7.11 Å². The van der Waals surface area contributed by atoms with E-state index < -0.39 is 5.97 Å². The maximum absolute atomic E-state index is 13.2. The Morgan fingerprint density at radius 3 is 2.67 bits per heavy atom. The van der Waals surface area contributed by atoms with Gasteiger partial charge in [0.15, 0.2) is 11.5 Å². The molecule has 0 unspecified atom stereocenters. The Bertz CT molecular complexity index is 1290. The van der Waals surface area contributed by atoms with E-state index in [0.29, 0.717) is 22.7 Å². The smallest absolute Gasteiger partial charge is 0.353 e. The number of nitrogens with zero attached hydrogens (tertiary/aromatic N) is 3. The highest BCUT2D eigenvalue weighted by molar-refractivity contribution is 7.20. The van der Waals surface area contributed by atoms with Crippen LogP contribution < -0.4 is 9.47 Å². The van der Waals surface area contributed by atoms with E-state index in [1.165, 1.54) is 42.7 Å². The van der Waals surface area contributed by atoms with Gasteiger partial charge in [-0.1, -0.05) is 12.1 Å². The van der Waals surface area contributed by atoms with Crippen LogP contribution in [-0.2, 0) is 6.54 Å². The van der Waals surface area contributed by atoms with Crippen molar-refractivity contribution in [1.29, 1.82) is 5.26 Å². The quantitative estimate of drug-likeness (QED) is 0.345. The number of aromatic nitrogens is 2. The topological polar surface area (TPSA) is 77.1 Å². The second-order valence-corrected chi connectivity index (χ2v) is 7.60. The minimum absolute atomic E-state index is 0.239. The van der Waals surface area contributed by atoms with E-state index >= 15 is 0 Å². The molecule has 4 aromatic rings. The van der Waals surface area contributed by atoms with Crippen molar-refractivity contribution in [2.24, 2.45) is 0 Å². The molecule has 0 saturated heterocycles. The Hall–Kier alpha value is -3.70. The highest BCUT2D eigenvalue weighted by atomic mass is 32.1. The van der Waals surface area contributed by atoms with Gasteiger partial charge in [-0.3, -0.25) is 4.68 Å². The van der Waals surface area contributed by atoms with Gasteiger partial charge in [-0.25, -0.2) is 9.18 Å². The Balaban J connectivity index is 1.61. The number of hydrogen-bond donors (Lipinski definition) is 0. The lowest BCUT2D eigenvalue weighted by Crippen LogP contribution is -2.07. The normalized spacial score (nSPS) is 10.7. The third-order valence-electron chi connectivity index (χ3n) is 4.55. The van der Waals surface area contributed by atoms with Gasteiger partial charge in [0.25, 0.3) is 0 Å². The number of ether oxygens (including phenoxy) is 2. The number of carbonyl (C=O) groups is 1. The number of esters is 1. The summed E-state index contributed by atoms with van der Waals surface area (Å²) < 4.78 is 25.7. The number of rotatable bonds is 5. The number of aryl methyl sites for hydroxylation is 1. The molecule has 150 valence electrons. The summed E-state index contributed by atoms with van der Waals surface area (Å²) in [4.78, 5) is 14.0. The maximum atomic E-state index is 13.2. The van der Waals surface area contributed by atoms with Gasteiger partial charge in [-0.15, -0.1) is 11.3 Å². The average molecular weight is 421 g/mol. The number of thiophene rings is 1. The van der Waals surface area contributed by atoms with Gasteiger partial charge in [0.05, 0.1) is 31.0 Å². The largest absolute Gasteiger partial charge is 0.493 e. The molecule has 2 aromatic heterocycles. The molecule has 0 aliphatic carbocycles. The molecule has 0 amide bonds. The number of fused-ring (bicyclic) bond motifs is 1. The summed E-state index contributed by atoms with van der Waals surface area (Å²) in [7, 11) is 1.45. The lowest BCUT2D eigenvalue weighted by molar-refractivity contribution is 0.0735. The Kier molecular flexibility index (Phi) is 5.21. The third kappa shape index (κ3) is 3.75. The van der Waals surface area contributed by atoms with E-state index in [2.05, 4.69) is 5.10 Å². The first-order valence-electron chi connectivity index (χ1n) is 9.00. The van der Waals surface area contributed by atoms with Gasteiger partial charge in [0.2, 0.25) is 0 Å². The number of carbonyl (C=O) groups excluding carboxylic acids is 1. The van der Waals surface area contributed by atoms with E-state index in [9.17, 15) is 9.18 Å². The number of benzene rings is 2. The van der Waals surface area contributed by atoms with Crippen molar-refractivity contribution in [3.8, 4) is 17.6 Å². The standard InChI is InChI=1S/C22H16FN3O3S/c1-13-17-10-20(22(27)29-18-8-5-15(11-24)9-19(18)28-2)30-21(17)26(25-13)12-14-3-6-16(23)7-4-14/h3-10H,12H2,1-2H3. The van der Waals surface area contributed by atoms with Crippen LogP contribution in [0, 0.1) is 24.1 Å². The molecule has 0 bridgehead atoms. The Labute approximate surface area is 175 Å². The fraction of sp³-hybridized carbons (Fsp3) is 0.136. The fourth-order valence-electron chi connectivity index (χ4n) is 3.05. The summed E-state index contributed by atoms with van der Waals surface area (Å²) in [6.45, 7) is 2.33. The first-order chi connectivity index (χ1) is 14.5. The molecule has 2 heterocycles. The number of nitriles is 1. The van der Waals surface area contributed by atoms with Crippen LogP contribution in [0.25, 0.3) is 10.2 Å². The van der Waals surface area contributed by atoms with Gasteiger partial charge in [0.1, 0.15) is 15.5 Å². The summed E-state index contributed by atoms with van der Waals surface area (Å²) in [6.07, 6.45) is 0. The lowest BCUT2D eigenvalue weighted by atomic mass is 10.2. The van der Waals surface area contributed by atoms with Crippen molar-refractivity contribution < 1.29 is 18.7 Å².